The van der Waals surface area contributed by atoms with Gasteiger partial charge < -0.3 is 5.11 Å². The molecule has 1 heteroatoms. The molecule has 0 aromatic heterocycles. The molecular formula is C15H24O. The van der Waals surface area contributed by atoms with Crippen LogP contribution >= 0.6 is 0 Å². The second-order valence-electron chi connectivity index (χ2n) is 7.20. The first-order valence-corrected chi connectivity index (χ1v) is 6.78. The fraction of sp³-hybridized carbons (Fsp3) is 0.867. The maximum absolute atomic E-state index is 9.55. The van der Waals surface area contributed by atoms with Gasteiger partial charge in [-0.3, -0.25) is 0 Å². The molecule has 0 bridgehead atoms. The normalized spacial score (nSPS) is 51.0. The lowest BCUT2D eigenvalue weighted by Crippen LogP contribution is -2.43. The van der Waals surface area contributed by atoms with E-state index in [-0.39, 0.29) is 5.41 Å². The van der Waals surface area contributed by atoms with Crippen LogP contribution < -0.4 is 0 Å². The van der Waals surface area contributed by atoms with E-state index in [1.165, 1.54) is 25.7 Å². The molecule has 0 spiro atoms. The second kappa shape index (κ2) is 3.13. The van der Waals surface area contributed by atoms with Crippen LogP contribution in [0.1, 0.15) is 52.9 Å². The molecule has 3 aliphatic carbocycles. The number of rotatable bonds is 1. The average Bonchev–Trinajstić information content (AvgIpc) is 2.54. The highest BCUT2D eigenvalue weighted by Crippen LogP contribution is 2.63. The zero-order valence-corrected chi connectivity index (χ0v) is 10.8. The van der Waals surface area contributed by atoms with Crippen LogP contribution in [-0.2, 0) is 0 Å². The van der Waals surface area contributed by atoms with Gasteiger partial charge in [-0.15, -0.1) is 0 Å². The molecular weight excluding hydrogens is 196 g/mol. The molecule has 2 fully saturated rings. The highest BCUT2D eigenvalue weighted by atomic mass is 16.3. The molecule has 0 aromatic carbocycles. The van der Waals surface area contributed by atoms with E-state index in [1.807, 2.05) is 0 Å². The van der Waals surface area contributed by atoms with Gasteiger partial charge in [0.15, 0.2) is 0 Å². The van der Waals surface area contributed by atoms with Crippen LogP contribution in [0.15, 0.2) is 11.1 Å². The number of aliphatic hydroxyl groups is 1. The van der Waals surface area contributed by atoms with E-state index in [2.05, 4.69) is 20.8 Å². The fourth-order valence-corrected chi connectivity index (χ4v) is 4.72. The zero-order valence-electron chi connectivity index (χ0n) is 10.8. The maximum atomic E-state index is 9.55. The van der Waals surface area contributed by atoms with Gasteiger partial charge in [-0.2, -0.15) is 0 Å². The van der Waals surface area contributed by atoms with Crippen molar-refractivity contribution in [2.45, 2.75) is 52.9 Å². The third-order valence-corrected chi connectivity index (χ3v) is 5.82. The SMILES string of the molecule is CC1=C2C[C@@](C)(CO)C[C@H]2C[C@]2(C)CC[C@H]12. The molecule has 90 valence electrons. The Labute approximate surface area is 98.9 Å². The molecule has 4 atom stereocenters. The summed E-state index contributed by atoms with van der Waals surface area (Å²) in [6.07, 6.45) is 6.61. The molecule has 0 saturated heterocycles. The van der Waals surface area contributed by atoms with Crippen LogP contribution in [0, 0.1) is 22.7 Å². The number of allylic oxidation sites excluding steroid dienone is 2. The first kappa shape index (κ1) is 10.8. The minimum Gasteiger partial charge on any atom is -0.396 e. The van der Waals surface area contributed by atoms with Crippen molar-refractivity contribution in [2.24, 2.45) is 22.7 Å². The molecule has 1 N–H and O–H groups in total. The van der Waals surface area contributed by atoms with E-state index >= 15 is 0 Å². The van der Waals surface area contributed by atoms with Crippen LogP contribution in [0.2, 0.25) is 0 Å². The first-order chi connectivity index (χ1) is 7.47. The van der Waals surface area contributed by atoms with Gasteiger partial charge in [0.2, 0.25) is 0 Å². The van der Waals surface area contributed by atoms with Crippen molar-refractivity contribution in [3.63, 3.8) is 0 Å². The number of hydrogen-bond donors (Lipinski definition) is 1. The topological polar surface area (TPSA) is 20.2 Å². The van der Waals surface area contributed by atoms with Gasteiger partial charge in [0.25, 0.3) is 0 Å². The highest BCUT2D eigenvalue weighted by Gasteiger charge is 2.52. The van der Waals surface area contributed by atoms with Crippen LogP contribution in [0.4, 0.5) is 0 Å². The molecule has 0 radical (unpaired) electrons. The van der Waals surface area contributed by atoms with Crippen molar-refractivity contribution in [3.05, 3.63) is 11.1 Å². The Morgan fingerprint density at radius 2 is 2.06 bits per heavy atom. The monoisotopic (exact) mass is 220 g/mol. The van der Waals surface area contributed by atoms with Crippen molar-refractivity contribution in [3.8, 4) is 0 Å². The summed E-state index contributed by atoms with van der Waals surface area (Å²) in [4.78, 5) is 0. The van der Waals surface area contributed by atoms with Gasteiger partial charge in [-0.1, -0.05) is 25.0 Å². The Morgan fingerprint density at radius 1 is 1.31 bits per heavy atom. The summed E-state index contributed by atoms with van der Waals surface area (Å²) in [6, 6.07) is 0. The van der Waals surface area contributed by atoms with Crippen molar-refractivity contribution in [2.75, 3.05) is 6.61 Å². The lowest BCUT2D eigenvalue weighted by Gasteiger charge is -2.53. The van der Waals surface area contributed by atoms with Gasteiger partial charge >= 0.3 is 0 Å². The van der Waals surface area contributed by atoms with E-state index in [9.17, 15) is 5.11 Å². The maximum Gasteiger partial charge on any atom is 0.0488 e. The van der Waals surface area contributed by atoms with Crippen LogP contribution in [0.5, 0.6) is 0 Å². The lowest BCUT2D eigenvalue weighted by atomic mass is 9.52. The fourth-order valence-electron chi connectivity index (χ4n) is 4.72. The van der Waals surface area contributed by atoms with Crippen LogP contribution in [0.3, 0.4) is 0 Å². The first-order valence-electron chi connectivity index (χ1n) is 6.78. The third-order valence-electron chi connectivity index (χ3n) is 5.82. The highest BCUT2D eigenvalue weighted by molar-refractivity contribution is 5.31. The summed E-state index contributed by atoms with van der Waals surface area (Å²) in [5, 5.41) is 9.55. The molecule has 3 rings (SSSR count). The molecule has 0 aromatic rings. The van der Waals surface area contributed by atoms with Gasteiger partial charge in [-0.25, -0.2) is 0 Å². The van der Waals surface area contributed by atoms with E-state index in [1.54, 1.807) is 11.1 Å². The molecule has 2 saturated carbocycles. The van der Waals surface area contributed by atoms with E-state index in [4.69, 9.17) is 0 Å². The molecule has 0 aliphatic heterocycles. The summed E-state index contributed by atoms with van der Waals surface area (Å²) in [5.74, 6) is 1.67. The van der Waals surface area contributed by atoms with E-state index < -0.39 is 0 Å². The van der Waals surface area contributed by atoms with Crippen molar-refractivity contribution < 1.29 is 5.11 Å². The van der Waals surface area contributed by atoms with E-state index in [0.29, 0.717) is 12.0 Å². The molecule has 3 aliphatic rings. The average molecular weight is 220 g/mol. The summed E-state index contributed by atoms with van der Waals surface area (Å²) < 4.78 is 0. The molecule has 0 amide bonds. The lowest BCUT2D eigenvalue weighted by molar-refractivity contribution is 0.0370. The van der Waals surface area contributed by atoms with Gasteiger partial charge in [-0.05, 0) is 61.7 Å². The van der Waals surface area contributed by atoms with Crippen molar-refractivity contribution in [1.82, 2.24) is 0 Å². The second-order valence-corrected chi connectivity index (χ2v) is 7.20. The zero-order chi connectivity index (χ0) is 11.6. The Hall–Kier alpha value is -0.300. The van der Waals surface area contributed by atoms with Gasteiger partial charge in [0.1, 0.15) is 0 Å². The summed E-state index contributed by atoms with van der Waals surface area (Å²) in [5.41, 5.74) is 4.21. The molecule has 0 unspecified atom stereocenters. The van der Waals surface area contributed by atoms with Crippen LogP contribution in [-0.4, -0.2) is 11.7 Å². The Balaban J connectivity index is 1.95. The minimum absolute atomic E-state index is 0.182. The smallest absolute Gasteiger partial charge is 0.0488 e. The Morgan fingerprint density at radius 3 is 2.62 bits per heavy atom. The summed E-state index contributed by atoms with van der Waals surface area (Å²) in [6.45, 7) is 7.47. The van der Waals surface area contributed by atoms with Gasteiger partial charge in [0, 0.05) is 6.61 Å². The number of aliphatic hydroxyl groups excluding tert-OH is 1. The summed E-state index contributed by atoms with van der Waals surface area (Å²) >= 11 is 0. The predicted molar refractivity (Wildman–Crippen MR) is 66.1 cm³/mol. The Bertz CT molecular complexity index is 356. The van der Waals surface area contributed by atoms with E-state index in [0.717, 1.165) is 18.3 Å². The summed E-state index contributed by atoms with van der Waals surface area (Å²) in [7, 11) is 0. The predicted octanol–water partition coefficient (Wildman–Crippen LogP) is 3.53. The standard InChI is InChI=1S/C15H24O/c1-10-12-8-14(2,9-16)6-11(12)7-15(3)5-4-13(10)15/h11,13,16H,4-9H2,1-3H3/t11-,13+,14-,15-/m0/s1. The molecule has 1 nitrogen and oxygen atoms in total. The third kappa shape index (κ3) is 1.27. The van der Waals surface area contributed by atoms with Crippen LogP contribution in [0.25, 0.3) is 0 Å². The van der Waals surface area contributed by atoms with Crippen molar-refractivity contribution >= 4 is 0 Å². The number of hydrogen-bond acceptors (Lipinski definition) is 1. The molecule has 0 heterocycles. The molecule has 16 heavy (non-hydrogen) atoms. The van der Waals surface area contributed by atoms with Gasteiger partial charge in [0.05, 0.1) is 0 Å². The minimum atomic E-state index is 0.182. The van der Waals surface area contributed by atoms with Crippen molar-refractivity contribution in [1.29, 1.82) is 0 Å². The Kier molecular flexibility index (Phi) is 2.12. The number of fused-ring (bicyclic) bond motifs is 2. The largest absolute Gasteiger partial charge is 0.396 e. The quantitative estimate of drug-likeness (QED) is 0.670.